The van der Waals surface area contributed by atoms with Gasteiger partial charge in [0, 0.05) is 0 Å². The molecule has 0 aliphatic rings. The number of ether oxygens (including phenoxy) is 1. The van der Waals surface area contributed by atoms with Crippen molar-refractivity contribution in [2.24, 2.45) is 0 Å². The molecule has 0 bridgehead atoms. The van der Waals surface area contributed by atoms with E-state index in [4.69, 9.17) is 16.9 Å². The van der Waals surface area contributed by atoms with Crippen molar-refractivity contribution in [3.05, 3.63) is 33.8 Å². The molecule has 0 spiro atoms. The summed E-state index contributed by atoms with van der Waals surface area (Å²) in [5.41, 5.74) is 1.91. The van der Waals surface area contributed by atoms with E-state index in [1.165, 1.54) is 7.11 Å². The van der Waals surface area contributed by atoms with Crippen LogP contribution in [0, 0.1) is 18.3 Å². The molecule has 0 amide bonds. The average molecular weight is 224 g/mol. The summed E-state index contributed by atoms with van der Waals surface area (Å²) in [6.45, 7) is 1.84. The number of carbonyl (C=O) groups is 1. The van der Waals surface area contributed by atoms with Crippen molar-refractivity contribution in [2.45, 2.75) is 13.3 Å². The molecule has 0 aliphatic carbocycles. The van der Waals surface area contributed by atoms with E-state index in [0.29, 0.717) is 16.1 Å². The number of hydrogen-bond donors (Lipinski definition) is 0. The molecule has 4 heteroatoms. The lowest BCUT2D eigenvalue weighted by atomic mass is 10.0. The zero-order chi connectivity index (χ0) is 11.4. The summed E-state index contributed by atoms with van der Waals surface area (Å²) in [5.74, 6) is -0.366. The maximum absolute atomic E-state index is 11.1. The highest BCUT2D eigenvalue weighted by Gasteiger charge is 2.12. The van der Waals surface area contributed by atoms with Crippen molar-refractivity contribution in [1.82, 2.24) is 0 Å². The normalized spacial score (nSPS) is 9.47. The van der Waals surface area contributed by atoms with Crippen LogP contribution >= 0.6 is 11.6 Å². The molecule has 15 heavy (non-hydrogen) atoms. The highest BCUT2D eigenvalue weighted by Crippen LogP contribution is 2.24. The molecule has 0 unspecified atom stereocenters. The molecule has 0 saturated carbocycles. The summed E-state index contributed by atoms with van der Waals surface area (Å²) in [7, 11) is 1.32. The fourth-order valence-corrected chi connectivity index (χ4v) is 1.56. The minimum atomic E-state index is -0.366. The molecule has 3 nitrogen and oxygen atoms in total. The number of rotatable bonds is 2. The Morgan fingerprint density at radius 3 is 2.80 bits per heavy atom. The largest absolute Gasteiger partial charge is 0.469 e. The minimum Gasteiger partial charge on any atom is -0.469 e. The van der Waals surface area contributed by atoms with Crippen LogP contribution in [0.4, 0.5) is 0 Å². The van der Waals surface area contributed by atoms with Gasteiger partial charge in [0.15, 0.2) is 0 Å². The van der Waals surface area contributed by atoms with Gasteiger partial charge in [-0.2, -0.15) is 5.26 Å². The third kappa shape index (κ3) is 2.48. The van der Waals surface area contributed by atoms with E-state index < -0.39 is 0 Å². The quantitative estimate of drug-likeness (QED) is 0.723. The van der Waals surface area contributed by atoms with E-state index >= 15 is 0 Å². The Balaban J connectivity index is 3.16. The van der Waals surface area contributed by atoms with Crippen LogP contribution in [0.1, 0.15) is 16.7 Å². The summed E-state index contributed by atoms with van der Waals surface area (Å²) in [6, 6.07) is 5.37. The predicted octanol–water partition coefficient (Wildman–Crippen LogP) is 2.24. The molecule has 1 aromatic carbocycles. The van der Waals surface area contributed by atoms with Crippen LogP contribution in [0.3, 0.4) is 0 Å². The Morgan fingerprint density at radius 1 is 1.60 bits per heavy atom. The van der Waals surface area contributed by atoms with Crippen LogP contribution in [0.2, 0.25) is 5.02 Å². The van der Waals surface area contributed by atoms with Crippen LogP contribution in [0.15, 0.2) is 12.1 Å². The number of nitriles is 1. The Bertz CT molecular complexity index is 435. The van der Waals surface area contributed by atoms with Gasteiger partial charge in [-0.1, -0.05) is 17.7 Å². The van der Waals surface area contributed by atoms with Gasteiger partial charge in [0.05, 0.1) is 24.1 Å². The fourth-order valence-electron chi connectivity index (χ4n) is 1.24. The number of carbonyl (C=O) groups excluding carboxylic acids is 1. The number of methoxy groups -OCH3 is 1. The molecule has 1 aromatic rings. The second-order valence-electron chi connectivity index (χ2n) is 3.09. The van der Waals surface area contributed by atoms with Crippen molar-refractivity contribution in [1.29, 1.82) is 5.26 Å². The molecule has 78 valence electrons. The highest BCUT2D eigenvalue weighted by molar-refractivity contribution is 6.32. The third-order valence-electron chi connectivity index (χ3n) is 2.15. The Hall–Kier alpha value is -1.53. The van der Waals surface area contributed by atoms with Crippen LogP contribution in [-0.2, 0) is 16.0 Å². The monoisotopic (exact) mass is 223 g/mol. The van der Waals surface area contributed by atoms with Gasteiger partial charge in [-0.05, 0) is 24.1 Å². The first-order chi connectivity index (χ1) is 7.10. The lowest BCUT2D eigenvalue weighted by molar-refractivity contribution is -0.139. The van der Waals surface area contributed by atoms with E-state index in [9.17, 15) is 4.79 Å². The fraction of sp³-hybridized carbons (Fsp3) is 0.273. The number of halogens is 1. The van der Waals surface area contributed by atoms with Crippen molar-refractivity contribution in [2.75, 3.05) is 7.11 Å². The summed E-state index contributed by atoms with van der Waals surface area (Å²) in [6.07, 6.45) is 0.0939. The van der Waals surface area contributed by atoms with E-state index in [2.05, 4.69) is 4.74 Å². The highest BCUT2D eigenvalue weighted by atomic mass is 35.5. The molecule has 0 fully saturated rings. The lowest BCUT2D eigenvalue weighted by Gasteiger charge is -2.07. The Labute approximate surface area is 93.2 Å². The van der Waals surface area contributed by atoms with Crippen LogP contribution in [0.5, 0.6) is 0 Å². The van der Waals surface area contributed by atoms with Gasteiger partial charge in [0.2, 0.25) is 0 Å². The maximum atomic E-state index is 11.1. The summed E-state index contributed by atoms with van der Waals surface area (Å²) >= 11 is 5.98. The molecular weight excluding hydrogens is 214 g/mol. The van der Waals surface area contributed by atoms with Gasteiger partial charge >= 0.3 is 5.97 Å². The first-order valence-corrected chi connectivity index (χ1v) is 4.72. The zero-order valence-corrected chi connectivity index (χ0v) is 9.26. The number of esters is 1. The minimum absolute atomic E-state index is 0.0939. The molecule has 0 N–H and O–H groups in total. The molecular formula is C11H10ClNO2. The third-order valence-corrected chi connectivity index (χ3v) is 2.58. The van der Waals surface area contributed by atoms with Crippen LogP contribution in [0.25, 0.3) is 0 Å². The molecule has 0 aromatic heterocycles. The Kier molecular flexibility index (Phi) is 3.70. The number of nitrogens with zero attached hydrogens (tertiary/aromatic N) is 1. The van der Waals surface area contributed by atoms with Crippen molar-refractivity contribution >= 4 is 17.6 Å². The van der Waals surface area contributed by atoms with Gasteiger partial charge < -0.3 is 4.74 Å². The second kappa shape index (κ2) is 4.81. The van der Waals surface area contributed by atoms with Crippen molar-refractivity contribution < 1.29 is 9.53 Å². The van der Waals surface area contributed by atoms with Crippen molar-refractivity contribution in [3.63, 3.8) is 0 Å². The van der Waals surface area contributed by atoms with Gasteiger partial charge in [-0.15, -0.1) is 0 Å². The van der Waals surface area contributed by atoms with E-state index in [1.807, 2.05) is 13.0 Å². The average Bonchev–Trinajstić information content (AvgIpc) is 2.24. The van der Waals surface area contributed by atoms with E-state index in [1.54, 1.807) is 12.1 Å². The van der Waals surface area contributed by atoms with Gasteiger partial charge in [0.25, 0.3) is 0 Å². The standard InChI is InChI=1S/C11H10ClNO2/c1-7-3-4-8(6-13)11(12)9(7)5-10(14)15-2/h3-4H,5H2,1-2H3. The van der Waals surface area contributed by atoms with Gasteiger partial charge in [-0.3, -0.25) is 4.79 Å². The molecule has 1 rings (SSSR count). The number of benzene rings is 1. The zero-order valence-electron chi connectivity index (χ0n) is 8.50. The van der Waals surface area contributed by atoms with Gasteiger partial charge in [-0.25, -0.2) is 0 Å². The SMILES string of the molecule is COC(=O)Cc1c(C)ccc(C#N)c1Cl. The van der Waals surface area contributed by atoms with E-state index in [0.717, 1.165) is 5.56 Å². The summed E-state index contributed by atoms with van der Waals surface area (Å²) in [5, 5.41) is 9.11. The maximum Gasteiger partial charge on any atom is 0.310 e. The molecule has 0 aliphatic heterocycles. The summed E-state index contributed by atoms with van der Waals surface area (Å²) < 4.78 is 4.56. The summed E-state index contributed by atoms with van der Waals surface area (Å²) in [4.78, 5) is 11.1. The second-order valence-corrected chi connectivity index (χ2v) is 3.47. The lowest BCUT2D eigenvalue weighted by Crippen LogP contribution is -2.07. The number of hydrogen-bond acceptors (Lipinski definition) is 3. The van der Waals surface area contributed by atoms with Gasteiger partial charge in [0.1, 0.15) is 6.07 Å². The molecule has 0 radical (unpaired) electrons. The first-order valence-electron chi connectivity index (χ1n) is 4.35. The molecule has 0 saturated heterocycles. The molecule has 0 atom stereocenters. The first kappa shape index (κ1) is 11.5. The number of aryl methyl sites for hydroxylation is 1. The Morgan fingerprint density at radius 2 is 2.27 bits per heavy atom. The van der Waals surface area contributed by atoms with E-state index in [-0.39, 0.29) is 12.4 Å². The van der Waals surface area contributed by atoms with Crippen LogP contribution in [-0.4, -0.2) is 13.1 Å². The van der Waals surface area contributed by atoms with Crippen LogP contribution < -0.4 is 0 Å². The smallest absolute Gasteiger partial charge is 0.310 e. The predicted molar refractivity (Wildman–Crippen MR) is 56.6 cm³/mol. The van der Waals surface area contributed by atoms with Crippen molar-refractivity contribution in [3.8, 4) is 6.07 Å². The molecule has 0 heterocycles. The topological polar surface area (TPSA) is 50.1 Å².